The van der Waals surface area contributed by atoms with Crippen LogP contribution in [0.1, 0.15) is 43.2 Å². The lowest BCUT2D eigenvalue weighted by Gasteiger charge is -2.33. The van der Waals surface area contributed by atoms with Gasteiger partial charge in [-0.15, -0.1) is 0 Å². The van der Waals surface area contributed by atoms with Gasteiger partial charge in [-0.25, -0.2) is 13.2 Å². The Bertz CT molecular complexity index is 1510. The van der Waals surface area contributed by atoms with Crippen LogP contribution in [0.3, 0.4) is 0 Å². The predicted octanol–water partition coefficient (Wildman–Crippen LogP) is 5.86. The maximum atomic E-state index is 13.2. The molecule has 10 heteroatoms. The number of para-hydroxylation sites is 1. The molecule has 3 aromatic rings. The monoisotopic (exact) mass is 632 g/mol. The maximum Gasteiger partial charge on any atom is 0.326 e. The molecule has 240 valence electrons. The molecular weight excluding hydrogens is 588 g/mol. The highest BCUT2D eigenvalue weighted by Gasteiger charge is 2.32. The van der Waals surface area contributed by atoms with Crippen molar-refractivity contribution in [1.82, 2.24) is 9.21 Å². The van der Waals surface area contributed by atoms with Crippen LogP contribution in [0, 0.1) is 18.8 Å². The van der Waals surface area contributed by atoms with E-state index >= 15 is 0 Å². The molecule has 9 nitrogen and oxygen atoms in total. The molecule has 0 radical (unpaired) electrons. The minimum absolute atomic E-state index is 0.134. The first-order valence-corrected chi connectivity index (χ1v) is 17.4. The quantitative estimate of drug-likeness (QED) is 0.274. The second-order valence-electron chi connectivity index (χ2n) is 12.3. The number of likely N-dealkylation sites (tertiary alicyclic amines) is 1. The van der Waals surface area contributed by atoms with E-state index in [1.54, 1.807) is 12.1 Å². The van der Waals surface area contributed by atoms with Crippen LogP contribution in [0.4, 0.5) is 16.2 Å². The van der Waals surface area contributed by atoms with Crippen molar-refractivity contribution in [3.8, 4) is 0 Å². The number of carbonyl (C=O) groups excluding carboxylic acids is 1. The number of urea groups is 1. The number of carbonyl (C=O) groups is 2. The minimum Gasteiger partial charge on any atom is -0.481 e. The van der Waals surface area contributed by atoms with Gasteiger partial charge in [0.2, 0.25) is 10.0 Å². The highest BCUT2D eigenvalue weighted by molar-refractivity contribution is 7.89. The summed E-state index contributed by atoms with van der Waals surface area (Å²) in [6.45, 7) is 6.05. The van der Waals surface area contributed by atoms with Crippen LogP contribution in [0.2, 0.25) is 0 Å². The number of aryl methyl sites for hydroxylation is 1. The van der Waals surface area contributed by atoms with Gasteiger partial charge < -0.3 is 15.3 Å². The molecule has 2 saturated heterocycles. The van der Waals surface area contributed by atoms with Crippen molar-refractivity contribution in [3.63, 3.8) is 0 Å². The van der Waals surface area contributed by atoms with E-state index in [-0.39, 0.29) is 24.0 Å². The van der Waals surface area contributed by atoms with Crippen molar-refractivity contribution in [1.29, 1.82) is 0 Å². The van der Waals surface area contributed by atoms with E-state index in [0.717, 1.165) is 67.8 Å². The van der Waals surface area contributed by atoms with Gasteiger partial charge in [-0.1, -0.05) is 48.0 Å². The van der Waals surface area contributed by atoms with Crippen LogP contribution in [0.5, 0.6) is 0 Å². The highest BCUT2D eigenvalue weighted by Crippen LogP contribution is 2.26. The highest BCUT2D eigenvalue weighted by atomic mass is 32.2. The van der Waals surface area contributed by atoms with Crippen molar-refractivity contribution in [3.05, 3.63) is 90.0 Å². The van der Waals surface area contributed by atoms with Crippen LogP contribution in [0.15, 0.2) is 83.8 Å². The second-order valence-corrected chi connectivity index (χ2v) is 14.2. The van der Waals surface area contributed by atoms with E-state index in [4.69, 9.17) is 0 Å². The van der Waals surface area contributed by atoms with Gasteiger partial charge in [-0.05, 0) is 113 Å². The summed E-state index contributed by atoms with van der Waals surface area (Å²) >= 11 is 0. The van der Waals surface area contributed by atoms with E-state index in [1.807, 2.05) is 78.6 Å². The van der Waals surface area contributed by atoms with Crippen LogP contribution in [0.25, 0.3) is 0 Å². The molecule has 2 fully saturated rings. The third-order valence-electron chi connectivity index (χ3n) is 9.07. The summed E-state index contributed by atoms with van der Waals surface area (Å²) in [5, 5.41) is 12.2. The Labute approximate surface area is 266 Å². The fraction of sp³-hybridized carbons (Fsp3) is 0.429. The van der Waals surface area contributed by atoms with E-state index in [1.165, 1.54) is 4.31 Å². The molecule has 2 heterocycles. The summed E-state index contributed by atoms with van der Waals surface area (Å²) in [5.41, 5.74) is 3.94. The number of nitrogens with one attached hydrogen (secondary N) is 1. The molecule has 0 saturated carbocycles. The average Bonchev–Trinajstić information content (AvgIpc) is 3.05. The Hall–Kier alpha value is -3.73. The fourth-order valence-corrected chi connectivity index (χ4v) is 7.74. The number of benzene rings is 3. The summed E-state index contributed by atoms with van der Waals surface area (Å²) in [6, 6.07) is 24.7. The Balaban J connectivity index is 1.07. The van der Waals surface area contributed by atoms with Crippen LogP contribution < -0.4 is 10.2 Å². The summed E-state index contributed by atoms with van der Waals surface area (Å²) in [6.07, 6.45) is 4.63. The molecule has 0 aromatic heterocycles. The number of anilines is 2. The molecule has 0 unspecified atom stereocenters. The van der Waals surface area contributed by atoms with Gasteiger partial charge in [0.1, 0.15) is 0 Å². The Morgan fingerprint density at radius 3 is 2.13 bits per heavy atom. The minimum atomic E-state index is -3.62. The lowest BCUT2D eigenvalue weighted by molar-refractivity contribution is -0.142. The molecule has 0 atom stereocenters. The van der Waals surface area contributed by atoms with Gasteiger partial charge in [0.15, 0.2) is 0 Å². The normalized spacial score (nSPS) is 17.2. The third kappa shape index (κ3) is 8.71. The number of rotatable bonds is 11. The molecule has 0 spiro atoms. The first kappa shape index (κ1) is 32.7. The third-order valence-corrected chi connectivity index (χ3v) is 11.0. The number of carboxylic acids is 1. The Morgan fingerprint density at radius 2 is 1.51 bits per heavy atom. The number of nitrogens with zero attached hydrogens (tertiary/aromatic N) is 3. The molecular formula is C35H44N4O5S. The van der Waals surface area contributed by atoms with Crippen LogP contribution in [-0.4, -0.2) is 74.0 Å². The molecule has 2 aliphatic heterocycles. The van der Waals surface area contributed by atoms with Gasteiger partial charge in [0.25, 0.3) is 0 Å². The maximum absolute atomic E-state index is 13.2. The van der Waals surface area contributed by atoms with Gasteiger partial charge in [-0.3, -0.25) is 9.69 Å². The summed E-state index contributed by atoms with van der Waals surface area (Å²) < 4.78 is 27.6. The van der Waals surface area contributed by atoms with Gasteiger partial charge >= 0.3 is 12.0 Å². The van der Waals surface area contributed by atoms with Crippen LogP contribution >= 0.6 is 0 Å². The number of sulfonamides is 1. The zero-order valence-electron chi connectivity index (χ0n) is 26.0. The van der Waals surface area contributed by atoms with E-state index in [2.05, 4.69) is 10.2 Å². The van der Waals surface area contributed by atoms with Crippen molar-refractivity contribution in [2.45, 2.75) is 50.3 Å². The van der Waals surface area contributed by atoms with E-state index in [9.17, 15) is 23.1 Å². The zero-order chi connectivity index (χ0) is 31.8. The summed E-state index contributed by atoms with van der Waals surface area (Å²) in [4.78, 5) is 29.0. The van der Waals surface area contributed by atoms with Crippen molar-refractivity contribution in [2.24, 2.45) is 11.8 Å². The number of aliphatic carboxylic acids is 1. The number of amides is 2. The van der Waals surface area contributed by atoms with Gasteiger partial charge in [-0.2, -0.15) is 4.31 Å². The summed E-state index contributed by atoms with van der Waals surface area (Å²) in [7, 11) is -3.62. The van der Waals surface area contributed by atoms with E-state index in [0.29, 0.717) is 25.3 Å². The molecule has 2 aliphatic rings. The molecule has 45 heavy (non-hydrogen) atoms. The van der Waals surface area contributed by atoms with Gasteiger partial charge in [0, 0.05) is 31.0 Å². The average molecular weight is 633 g/mol. The SMILES string of the molecule is Cc1ccc(NC(=O)N(CCCN2CCC(Cc3ccc(S(=O)(=O)N4CCC(C(=O)O)CC4)cc3)CC2)c2ccccc2)cc1. The number of piperidine rings is 2. The number of hydrogen-bond acceptors (Lipinski definition) is 5. The molecule has 2 amide bonds. The topological polar surface area (TPSA) is 110 Å². The van der Waals surface area contributed by atoms with Gasteiger partial charge in [0.05, 0.1) is 10.8 Å². The summed E-state index contributed by atoms with van der Waals surface area (Å²) in [5.74, 6) is -0.777. The van der Waals surface area contributed by atoms with Crippen LogP contribution in [-0.2, 0) is 21.2 Å². The molecule has 2 N–H and O–H groups in total. The van der Waals surface area contributed by atoms with Crippen molar-refractivity contribution < 1.29 is 23.1 Å². The lowest BCUT2D eigenvalue weighted by atomic mass is 9.90. The Morgan fingerprint density at radius 1 is 0.867 bits per heavy atom. The standard InChI is InChI=1S/C35H44N4O5S/c1-27-8-12-31(13-9-27)36-35(42)39(32-6-3-2-4-7-32)21-5-20-37-22-16-29(17-23-37)26-28-10-14-33(15-11-28)45(43,44)38-24-18-30(19-25-38)34(40)41/h2-4,6-15,29-30H,5,16-26H2,1H3,(H,36,42)(H,40,41). The first-order valence-electron chi connectivity index (χ1n) is 15.9. The molecule has 0 aliphatic carbocycles. The molecule has 5 rings (SSSR count). The Kier molecular flexibility index (Phi) is 10.9. The second kappa shape index (κ2) is 15.0. The lowest BCUT2D eigenvalue weighted by Crippen LogP contribution is -2.40. The number of carboxylic acid groups (broad SMARTS) is 1. The largest absolute Gasteiger partial charge is 0.481 e. The van der Waals surface area contributed by atoms with Crippen molar-refractivity contribution >= 4 is 33.4 Å². The van der Waals surface area contributed by atoms with E-state index < -0.39 is 21.9 Å². The fourth-order valence-electron chi connectivity index (χ4n) is 6.27. The first-order chi connectivity index (χ1) is 21.7. The number of hydrogen-bond donors (Lipinski definition) is 2. The smallest absolute Gasteiger partial charge is 0.326 e. The zero-order valence-corrected chi connectivity index (χ0v) is 26.8. The molecule has 3 aromatic carbocycles. The van der Waals surface area contributed by atoms with Crippen molar-refractivity contribution in [2.75, 3.05) is 49.5 Å². The predicted molar refractivity (Wildman–Crippen MR) is 177 cm³/mol. The molecule has 0 bridgehead atoms.